The van der Waals surface area contributed by atoms with Gasteiger partial charge in [-0.05, 0) is 49.2 Å². The van der Waals surface area contributed by atoms with E-state index < -0.39 is 17.7 Å². The normalized spacial score (nSPS) is 17.4. The maximum absolute atomic E-state index is 14.4. The summed E-state index contributed by atoms with van der Waals surface area (Å²) in [4.78, 5) is 44.4. The van der Waals surface area contributed by atoms with Gasteiger partial charge in [-0.1, -0.05) is 0 Å². The molecule has 182 valence electrons. The van der Waals surface area contributed by atoms with Crippen molar-refractivity contribution in [2.45, 2.75) is 18.9 Å². The third-order valence-electron chi connectivity index (χ3n) is 6.71. The van der Waals surface area contributed by atoms with Crippen LogP contribution in [0.25, 0.3) is 22.0 Å². The summed E-state index contributed by atoms with van der Waals surface area (Å²) in [5.41, 5.74) is 1.43. The minimum Gasteiger partial charge on any atom is -0.454 e. The van der Waals surface area contributed by atoms with E-state index in [0.717, 1.165) is 17.4 Å². The number of rotatable bonds is 4. The van der Waals surface area contributed by atoms with Crippen LogP contribution in [0.2, 0.25) is 0 Å². The van der Waals surface area contributed by atoms with Crippen LogP contribution >= 0.6 is 0 Å². The Morgan fingerprint density at radius 3 is 2.58 bits per heavy atom. The van der Waals surface area contributed by atoms with E-state index in [1.165, 1.54) is 16.7 Å². The summed E-state index contributed by atoms with van der Waals surface area (Å²) in [6.07, 6.45) is 4.63. The van der Waals surface area contributed by atoms with Crippen LogP contribution in [-0.4, -0.2) is 39.0 Å². The molecule has 2 aliphatic rings. The second kappa shape index (κ2) is 8.04. The number of urea groups is 1. The molecule has 4 aromatic rings. The number of carbonyl (C=O) groups is 2. The highest BCUT2D eigenvalue weighted by molar-refractivity contribution is 6.21. The summed E-state index contributed by atoms with van der Waals surface area (Å²) in [5.74, 6) is -1.93. The van der Waals surface area contributed by atoms with Gasteiger partial charge in [-0.25, -0.2) is 18.5 Å². The molecule has 4 heterocycles. The zero-order valence-electron chi connectivity index (χ0n) is 19.1. The van der Waals surface area contributed by atoms with Crippen LogP contribution in [-0.2, 0) is 11.8 Å². The van der Waals surface area contributed by atoms with E-state index in [-0.39, 0.29) is 29.0 Å². The largest absolute Gasteiger partial charge is 0.454 e. The molecule has 0 saturated carbocycles. The summed E-state index contributed by atoms with van der Waals surface area (Å²) < 4.78 is 35.1. The first-order valence-corrected chi connectivity index (χ1v) is 11.4. The molecule has 2 aromatic heterocycles. The summed E-state index contributed by atoms with van der Waals surface area (Å²) in [7, 11) is 1.60. The van der Waals surface area contributed by atoms with Gasteiger partial charge in [-0.2, -0.15) is 0 Å². The average molecular weight is 490 g/mol. The molecule has 8 nitrogen and oxygen atoms in total. The van der Waals surface area contributed by atoms with Gasteiger partial charge in [-0.3, -0.25) is 9.59 Å². The molecule has 3 amide bonds. The highest BCUT2D eigenvalue weighted by atomic mass is 19.1. The Morgan fingerprint density at radius 1 is 1.00 bits per heavy atom. The lowest BCUT2D eigenvalue weighted by Gasteiger charge is -2.19. The molecule has 1 N–H and O–H groups in total. The number of imide groups is 1. The molecule has 2 fully saturated rings. The van der Waals surface area contributed by atoms with E-state index in [9.17, 15) is 23.2 Å². The first-order valence-electron chi connectivity index (χ1n) is 11.4. The topological polar surface area (TPSA) is 87.6 Å². The molecule has 0 spiro atoms. The second-order valence-electron chi connectivity index (χ2n) is 8.89. The van der Waals surface area contributed by atoms with Crippen molar-refractivity contribution in [1.82, 2.24) is 14.5 Å². The van der Waals surface area contributed by atoms with Gasteiger partial charge >= 0.3 is 6.03 Å². The number of aromatic amines is 1. The van der Waals surface area contributed by atoms with Crippen molar-refractivity contribution in [3.63, 3.8) is 0 Å². The number of benzene rings is 2. The molecule has 36 heavy (non-hydrogen) atoms. The molecule has 6 rings (SSSR count). The number of nitrogens with one attached hydrogen (secondary N) is 1. The Hall–Kier alpha value is -4.47. The van der Waals surface area contributed by atoms with Crippen LogP contribution in [0.1, 0.15) is 12.8 Å². The molecule has 0 bridgehead atoms. The van der Waals surface area contributed by atoms with Crippen molar-refractivity contribution >= 4 is 28.5 Å². The van der Waals surface area contributed by atoms with Gasteiger partial charge in [0.15, 0.2) is 11.6 Å². The number of nitrogens with zero attached hydrogens (tertiary/aromatic N) is 3. The second-order valence-corrected chi connectivity index (χ2v) is 8.89. The molecular formula is C26H20F2N4O4. The molecule has 2 saturated heterocycles. The quantitative estimate of drug-likeness (QED) is 0.426. The van der Waals surface area contributed by atoms with Crippen LogP contribution in [0.5, 0.6) is 11.5 Å². The maximum atomic E-state index is 14.4. The average Bonchev–Trinajstić information content (AvgIpc) is 3.58. The van der Waals surface area contributed by atoms with Crippen molar-refractivity contribution < 1.29 is 23.1 Å². The van der Waals surface area contributed by atoms with Crippen molar-refractivity contribution in [1.29, 1.82) is 0 Å². The van der Waals surface area contributed by atoms with E-state index in [0.29, 0.717) is 46.7 Å². The third kappa shape index (κ3) is 3.29. The van der Waals surface area contributed by atoms with Crippen molar-refractivity contribution in [2.24, 2.45) is 7.05 Å². The Labute approximate surface area is 203 Å². The van der Waals surface area contributed by atoms with Crippen molar-refractivity contribution in [3.05, 3.63) is 76.8 Å². The van der Waals surface area contributed by atoms with Gasteiger partial charge < -0.3 is 19.2 Å². The molecule has 0 radical (unpaired) electrons. The minimum atomic E-state index is -0.886. The zero-order chi connectivity index (χ0) is 25.1. The van der Waals surface area contributed by atoms with Crippen molar-refractivity contribution in [3.8, 4) is 22.6 Å². The standard InChI is InChI=1S/C26H20F2N4O4/c1-30-13-18(16-8-9-29-23(16)25(30)34)17-12-15(32-24(33)20-3-2-10-31(20)26(32)35)5-7-21(17)36-22-6-4-14(27)11-19(22)28/h4-9,11-13,20,29H,2-3,10H2,1H3/t20-/m0/s1. The Morgan fingerprint density at radius 2 is 1.81 bits per heavy atom. The number of hydrogen-bond donors (Lipinski definition) is 1. The molecule has 0 unspecified atom stereocenters. The van der Waals surface area contributed by atoms with Crippen LogP contribution in [0.4, 0.5) is 19.3 Å². The number of halogens is 2. The lowest BCUT2D eigenvalue weighted by molar-refractivity contribution is -0.119. The lowest BCUT2D eigenvalue weighted by atomic mass is 10.0. The summed E-state index contributed by atoms with van der Waals surface area (Å²) in [6, 6.07) is 8.53. The summed E-state index contributed by atoms with van der Waals surface area (Å²) >= 11 is 0. The van der Waals surface area contributed by atoms with Crippen LogP contribution in [0.3, 0.4) is 0 Å². The number of amides is 3. The molecule has 0 aliphatic carbocycles. The predicted molar refractivity (Wildman–Crippen MR) is 128 cm³/mol. The fourth-order valence-corrected chi connectivity index (χ4v) is 4.98. The van der Waals surface area contributed by atoms with Gasteiger partial charge in [0.05, 0.1) is 5.69 Å². The van der Waals surface area contributed by atoms with E-state index in [4.69, 9.17) is 4.74 Å². The van der Waals surface area contributed by atoms with E-state index >= 15 is 0 Å². The zero-order valence-corrected chi connectivity index (χ0v) is 19.1. The maximum Gasteiger partial charge on any atom is 0.332 e. The molecule has 1 atom stereocenters. The van der Waals surface area contributed by atoms with Crippen LogP contribution < -0.4 is 15.2 Å². The van der Waals surface area contributed by atoms with E-state index in [1.807, 2.05) is 0 Å². The summed E-state index contributed by atoms with van der Waals surface area (Å²) in [5, 5.41) is 0.583. The van der Waals surface area contributed by atoms with Crippen LogP contribution in [0.15, 0.2) is 59.7 Å². The van der Waals surface area contributed by atoms with Gasteiger partial charge in [-0.15, -0.1) is 0 Å². The summed E-state index contributed by atoms with van der Waals surface area (Å²) in [6.45, 7) is 0.522. The highest BCUT2D eigenvalue weighted by Crippen LogP contribution is 2.41. The number of aromatic nitrogens is 2. The molecule has 2 aliphatic heterocycles. The SMILES string of the molecule is Cn1cc(-c2cc(N3C(=O)[C@@H]4CCCN4C3=O)ccc2Oc2ccc(F)cc2F)c2cc[nH]c2c1=O. The Balaban J connectivity index is 1.53. The van der Waals surface area contributed by atoms with Gasteiger partial charge in [0.2, 0.25) is 0 Å². The number of aryl methyl sites for hydroxylation is 1. The first kappa shape index (κ1) is 22.0. The number of hydrogen-bond acceptors (Lipinski definition) is 4. The smallest absolute Gasteiger partial charge is 0.332 e. The van der Waals surface area contributed by atoms with E-state index in [2.05, 4.69) is 4.98 Å². The number of carbonyl (C=O) groups excluding carboxylic acids is 2. The highest BCUT2D eigenvalue weighted by Gasteiger charge is 2.48. The number of anilines is 1. The number of ether oxygens (including phenoxy) is 1. The lowest BCUT2D eigenvalue weighted by Crippen LogP contribution is -2.33. The predicted octanol–water partition coefficient (Wildman–Crippen LogP) is 4.54. The van der Waals surface area contributed by atoms with Gasteiger partial charge in [0.1, 0.15) is 23.1 Å². The number of H-pyrrole nitrogens is 1. The van der Waals surface area contributed by atoms with Gasteiger partial charge in [0.25, 0.3) is 11.5 Å². The fraction of sp³-hybridized carbons (Fsp3) is 0.192. The van der Waals surface area contributed by atoms with Crippen molar-refractivity contribution in [2.75, 3.05) is 11.4 Å². The van der Waals surface area contributed by atoms with Gasteiger partial charge in [0, 0.05) is 48.6 Å². The van der Waals surface area contributed by atoms with Crippen LogP contribution in [0, 0.1) is 11.6 Å². The monoisotopic (exact) mass is 490 g/mol. The molecular weight excluding hydrogens is 470 g/mol. The molecule has 2 aromatic carbocycles. The van der Waals surface area contributed by atoms with E-state index in [1.54, 1.807) is 42.5 Å². The first-order chi connectivity index (χ1) is 17.3. The minimum absolute atomic E-state index is 0.199. The molecule has 10 heteroatoms. The Bertz CT molecular complexity index is 1600. The Kier molecular flexibility index (Phi) is 4.92. The fourth-order valence-electron chi connectivity index (χ4n) is 4.98. The number of fused-ring (bicyclic) bond motifs is 2. The third-order valence-corrected chi connectivity index (χ3v) is 6.71. The number of pyridine rings is 1.